The van der Waals surface area contributed by atoms with Crippen molar-refractivity contribution in [3.8, 4) is 0 Å². The monoisotopic (exact) mass is 528 g/mol. The molecule has 3 heterocycles. The number of fused-ring (bicyclic) bond motifs is 4. The lowest BCUT2D eigenvalue weighted by Gasteiger charge is -2.44. The summed E-state index contributed by atoms with van der Waals surface area (Å²) in [6.07, 6.45) is 7.98. The molecule has 2 bridgehead atoms. The number of hydrogen-bond donors (Lipinski definition) is 0. The van der Waals surface area contributed by atoms with Crippen molar-refractivity contribution < 1.29 is 9.59 Å². The molecule has 0 aliphatic carbocycles. The van der Waals surface area contributed by atoms with Crippen LogP contribution in [0.1, 0.15) is 75.2 Å². The fourth-order valence-corrected chi connectivity index (χ4v) is 6.62. The SMILES string of the molecule is CCC(=O)N1CCC2CCCC(CN(C(=O)c3cn(C)c4ccccc34)Cc3ccccc31)N2CCC(C)C. The molecule has 6 nitrogen and oxygen atoms in total. The van der Waals surface area contributed by atoms with Crippen LogP contribution in [0.15, 0.2) is 54.7 Å². The quantitative estimate of drug-likeness (QED) is 0.394. The van der Waals surface area contributed by atoms with Gasteiger partial charge in [0.05, 0.1) is 5.56 Å². The van der Waals surface area contributed by atoms with Crippen molar-refractivity contribution in [3.05, 3.63) is 65.9 Å². The minimum absolute atomic E-state index is 0.0696. The van der Waals surface area contributed by atoms with Crippen molar-refractivity contribution in [1.82, 2.24) is 14.4 Å². The third-order valence-corrected chi connectivity index (χ3v) is 8.76. The third kappa shape index (κ3) is 5.76. The first kappa shape index (κ1) is 27.4. The Morgan fingerprint density at radius 2 is 1.72 bits per heavy atom. The zero-order valence-electron chi connectivity index (χ0n) is 24.1. The number of carbonyl (C=O) groups is 2. The molecule has 0 radical (unpaired) electrons. The van der Waals surface area contributed by atoms with Crippen LogP contribution >= 0.6 is 0 Å². The van der Waals surface area contributed by atoms with Crippen LogP contribution in [0.2, 0.25) is 0 Å². The summed E-state index contributed by atoms with van der Waals surface area (Å²) in [6, 6.07) is 17.1. The standard InChI is InChI=1S/C33H44N4O2/c1-5-32(38)37-20-18-26-12-10-13-27(36(26)19-17-24(2)3)22-35(21-25-11-6-8-15-30(25)37)33(39)29-23-34(4)31-16-9-7-14-28(29)31/h6-9,11,14-16,23-24,26-27H,5,10,12-13,17-22H2,1-4H3. The molecule has 39 heavy (non-hydrogen) atoms. The van der Waals surface area contributed by atoms with E-state index in [9.17, 15) is 9.59 Å². The largest absolute Gasteiger partial charge is 0.350 e. The third-order valence-electron chi connectivity index (χ3n) is 8.76. The summed E-state index contributed by atoms with van der Waals surface area (Å²) in [5.74, 6) is 0.842. The number of anilines is 1. The number of carbonyl (C=O) groups excluding carboxylic acids is 2. The smallest absolute Gasteiger partial charge is 0.256 e. The number of nitrogens with zero attached hydrogens (tertiary/aromatic N) is 4. The molecule has 2 aliphatic rings. The van der Waals surface area contributed by atoms with Crippen LogP contribution in [0.3, 0.4) is 0 Å². The molecule has 6 heteroatoms. The highest BCUT2D eigenvalue weighted by Crippen LogP contribution is 2.32. The maximum Gasteiger partial charge on any atom is 0.256 e. The van der Waals surface area contributed by atoms with Gasteiger partial charge >= 0.3 is 0 Å². The van der Waals surface area contributed by atoms with Gasteiger partial charge in [-0.2, -0.15) is 0 Å². The van der Waals surface area contributed by atoms with Gasteiger partial charge < -0.3 is 14.4 Å². The van der Waals surface area contributed by atoms with E-state index in [0.29, 0.717) is 37.5 Å². The highest BCUT2D eigenvalue weighted by molar-refractivity contribution is 6.07. The first-order chi connectivity index (χ1) is 18.9. The van der Waals surface area contributed by atoms with Crippen LogP contribution in [0, 0.1) is 5.92 Å². The van der Waals surface area contributed by atoms with E-state index in [2.05, 4.69) is 52.5 Å². The van der Waals surface area contributed by atoms with Crippen molar-refractivity contribution in [2.75, 3.05) is 24.5 Å². The molecule has 2 atom stereocenters. The van der Waals surface area contributed by atoms with Gasteiger partial charge in [-0.3, -0.25) is 14.5 Å². The Morgan fingerprint density at radius 1 is 0.974 bits per heavy atom. The van der Waals surface area contributed by atoms with E-state index < -0.39 is 0 Å². The summed E-state index contributed by atoms with van der Waals surface area (Å²) in [4.78, 5) is 34.4. The summed E-state index contributed by atoms with van der Waals surface area (Å²) in [7, 11) is 2.01. The Morgan fingerprint density at radius 3 is 2.51 bits per heavy atom. The van der Waals surface area contributed by atoms with Crippen LogP contribution in [-0.2, 0) is 18.4 Å². The van der Waals surface area contributed by atoms with Gasteiger partial charge in [0, 0.05) is 68.0 Å². The Balaban J connectivity index is 1.59. The molecule has 0 saturated carbocycles. The van der Waals surface area contributed by atoms with Crippen LogP contribution in [0.5, 0.6) is 0 Å². The fraction of sp³-hybridized carbons (Fsp3) is 0.515. The lowest BCUT2D eigenvalue weighted by atomic mass is 9.92. The lowest BCUT2D eigenvalue weighted by Crippen LogP contribution is -2.53. The molecule has 2 unspecified atom stereocenters. The number of rotatable bonds is 5. The Kier molecular flexibility index (Phi) is 8.41. The first-order valence-electron chi connectivity index (χ1n) is 14.8. The Labute approximate surface area is 233 Å². The summed E-state index contributed by atoms with van der Waals surface area (Å²) >= 11 is 0. The number of para-hydroxylation sites is 2. The molecule has 3 aromatic rings. The van der Waals surface area contributed by atoms with Gasteiger partial charge in [-0.05, 0) is 55.8 Å². The van der Waals surface area contributed by atoms with Gasteiger partial charge in [-0.15, -0.1) is 0 Å². The van der Waals surface area contributed by atoms with E-state index >= 15 is 0 Å². The summed E-state index contributed by atoms with van der Waals surface area (Å²) in [5, 5.41) is 0.994. The van der Waals surface area contributed by atoms with Crippen LogP contribution < -0.4 is 4.90 Å². The number of hydrogen-bond acceptors (Lipinski definition) is 3. The zero-order valence-corrected chi connectivity index (χ0v) is 24.1. The number of aryl methyl sites for hydroxylation is 1. The van der Waals surface area contributed by atoms with Crippen LogP contribution in [0.4, 0.5) is 5.69 Å². The molecule has 2 aliphatic heterocycles. The van der Waals surface area contributed by atoms with Crippen molar-refractivity contribution in [3.63, 3.8) is 0 Å². The maximum absolute atomic E-state index is 14.4. The molecule has 2 amide bonds. The normalized spacial score (nSPS) is 20.6. The van der Waals surface area contributed by atoms with Gasteiger partial charge in [0.1, 0.15) is 0 Å². The minimum Gasteiger partial charge on any atom is -0.350 e. The Bertz CT molecular complexity index is 1310. The van der Waals surface area contributed by atoms with E-state index in [1.54, 1.807) is 0 Å². The predicted octanol–water partition coefficient (Wildman–Crippen LogP) is 6.24. The van der Waals surface area contributed by atoms with Gasteiger partial charge in [-0.25, -0.2) is 0 Å². The van der Waals surface area contributed by atoms with E-state index in [0.717, 1.165) is 66.5 Å². The summed E-state index contributed by atoms with van der Waals surface area (Å²) in [5.41, 5.74) is 3.81. The highest BCUT2D eigenvalue weighted by Gasteiger charge is 2.35. The van der Waals surface area contributed by atoms with E-state index in [1.807, 2.05) is 49.3 Å². The van der Waals surface area contributed by atoms with Crippen LogP contribution in [0.25, 0.3) is 10.9 Å². The fourth-order valence-electron chi connectivity index (χ4n) is 6.62. The minimum atomic E-state index is 0.0696. The second-order valence-corrected chi connectivity index (χ2v) is 11.8. The van der Waals surface area contributed by atoms with Gasteiger partial charge in [0.2, 0.25) is 5.91 Å². The van der Waals surface area contributed by atoms with Gasteiger partial charge in [0.15, 0.2) is 0 Å². The molecule has 1 saturated heterocycles. The van der Waals surface area contributed by atoms with Crippen LogP contribution in [-0.4, -0.2) is 57.9 Å². The molecule has 2 aromatic carbocycles. The second kappa shape index (κ2) is 12.0. The first-order valence-corrected chi connectivity index (χ1v) is 14.8. The summed E-state index contributed by atoms with van der Waals surface area (Å²) in [6.45, 7) is 9.47. The van der Waals surface area contributed by atoms with Gasteiger partial charge in [0.25, 0.3) is 5.91 Å². The summed E-state index contributed by atoms with van der Waals surface area (Å²) < 4.78 is 2.05. The van der Waals surface area contributed by atoms with E-state index in [-0.39, 0.29) is 11.8 Å². The highest BCUT2D eigenvalue weighted by atomic mass is 16.2. The molecule has 0 N–H and O–H groups in total. The molecule has 208 valence electrons. The topological polar surface area (TPSA) is 48.8 Å². The maximum atomic E-state index is 14.4. The van der Waals surface area contributed by atoms with Gasteiger partial charge in [-0.1, -0.05) is 63.6 Å². The molecular weight excluding hydrogens is 484 g/mol. The Hall–Kier alpha value is -3.12. The number of aromatic nitrogens is 1. The number of amides is 2. The van der Waals surface area contributed by atoms with Crippen molar-refractivity contribution in [2.24, 2.45) is 13.0 Å². The molecule has 5 rings (SSSR count). The average Bonchev–Trinajstić information content (AvgIpc) is 3.28. The van der Waals surface area contributed by atoms with E-state index in [4.69, 9.17) is 0 Å². The molecule has 0 spiro atoms. The lowest BCUT2D eigenvalue weighted by molar-refractivity contribution is -0.118. The molecular formula is C33H44N4O2. The average molecular weight is 529 g/mol. The van der Waals surface area contributed by atoms with Crippen molar-refractivity contribution in [2.45, 2.75) is 77.9 Å². The molecule has 1 fully saturated rings. The second-order valence-electron chi connectivity index (χ2n) is 11.8. The van der Waals surface area contributed by atoms with E-state index in [1.165, 1.54) is 6.42 Å². The molecule has 1 aromatic heterocycles. The number of piperidine rings is 1. The number of benzene rings is 2. The zero-order chi connectivity index (χ0) is 27.5. The van der Waals surface area contributed by atoms with Crippen molar-refractivity contribution in [1.29, 1.82) is 0 Å². The van der Waals surface area contributed by atoms with Crippen molar-refractivity contribution >= 4 is 28.4 Å². The predicted molar refractivity (Wildman–Crippen MR) is 159 cm³/mol.